The monoisotopic (exact) mass is 150 g/mol. The molecule has 0 saturated carbocycles. The minimum atomic E-state index is -0.721. The van der Waals surface area contributed by atoms with Crippen molar-refractivity contribution in [3.63, 3.8) is 0 Å². The minimum absolute atomic E-state index is 0.527. The Labute approximate surface area is 65.5 Å². The molecule has 0 radical (unpaired) electrons. The maximum absolute atomic E-state index is 9.28. The number of aryl methyl sites for hydroxylation is 1. The van der Waals surface area contributed by atoms with Gasteiger partial charge in [-0.3, -0.25) is 0 Å². The SMILES string of the molecule is C=C=CC(O)c1ccc(C)o1. The smallest absolute Gasteiger partial charge is 0.137 e. The van der Waals surface area contributed by atoms with Crippen LogP contribution in [0.1, 0.15) is 17.6 Å². The predicted octanol–water partition coefficient (Wildman–Crippen LogP) is 1.96. The maximum atomic E-state index is 9.28. The van der Waals surface area contributed by atoms with Crippen molar-refractivity contribution in [2.45, 2.75) is 13.0 Å². The van der Waals surface area contributed by atoms with Crippen molar-refractivity contribution in [3.05, 3.63) is 42.0 Å². The van der Waals surface area contributed by atoms with Gasteiger partial charge in [-0.25, -0.2) is 0 Å². The number of furan rings is 1. The summed E-state index contributed by atoms with van der Waals surface area (Å²) in [6.07, 6.45) is 0.722. The van der Waals surface area contributed by atoms with E-state index < -0.39 is 6.10 Å². The van der Waals surface area contributed by atoms with Crippen molar-refractivity contribution in [1.29, 1.82) is 0 Å². The van der Waals surface area contributed by atoms with Gasteiger partial charge in [-0.1, -0.05) is 6.58 Å². The molecule has 11 heavy (non-hydrogen) atoms. The predicted molar refractivity (Wildman–Crippen MR) is 42.1 cm³/mol. The van der Waals surface area contributed by atoms with E-state index in [2.05, 4.69) is 12.3 Å². The molecule has 0 aromatic carbocycles. The zero-order valence-corrected chi connectivity index (χ0v) is 6.37. The molecule has 1 heterocycles. The highest BCUT2D eigenvalue weighted by Crippen LogP contribution is 2.16. The van der Waals surface area contributed by atoms with Crippen LogP contribution in [-0.2, 0) is 0 Å². The van der Waals surface area contributed by atoms with Crippen LogP contribution in [-0.4, -0.2) is 5.11 Å². The Morgan fingerprint density at radius 1 is 1.73 bits per heavy atom. The van der Waals surface area contributed by atoms with Crippen LogP contribution in [0.2, 0.25) is 0 Å². The van der Waals surface area contributed by atoms with Gasteiger partial charge in [-0.15, -0.1) is 5.73 Å². The first-order valence-corrected chi connectivity index (χ1v) is 3.34. The lowest BCUT2D eigenvalue weighted by Crippen LogP contribution is -1.88. The van der Waals surface area contributed by atoms with Gasteiger partial charge in [0.1, 0.15) is 17.6 Å². The number of rotatable bonds is 2. The molecule has 0 saturated heterocycles. The Morgan fingerprint density at radius 3 is 2.91 bits per heavy atom. The third-order valence-corrected chi connectivity index (χ3v) is 1.33. The Balaban J connectivity index is 2.84. The lowest BCUT2D eigenvalue weighted by atomic mass is 10.3. The lowest BCUT2D eigenvalue weighted by Gasteiger charge is -1.97. The fourth-order valence-electron chi connectivity index (χ4n) is 0.806. The normalized spacial score (nSPS) is 12.2. The van der Waals surface area contributed by atoms with Crippen LogP contribution in [0.5, 0.6) is 0 Å². The number of hydrogen-bond donors (Lipinski definition) is 1. The Kier molecular flexibility index (Phi) is 2.32. The molecule has 0 aliphatic heterocycles. The molecule has 0 bridgehead atoms. The van der Waals surface area contributed by atoms with E-state index in [-0.39, 0.29) is 0 Å². The van der Waals surface area contributed by atoms with E-state index in [4.69, 9.17) is 4.42 Å². The summed E-state index contributed by atoms with van der Waals surface area (Å²) < 4.78 is 5.15. The molecule has 0 fully saturated rings. The molecule has 0 amide bonds. The van der Waals surface area contributed by atoms with Gasteiger partial charge in [-0.2, -0.15) is 0 Å². The standard InChI is InChI=1S/C9H10O2/c1-3-4-8(10)9-6-5-7(2)11-9/h4-6,8,10H,1H2,2H3. The van der Waals surface area contributed by atoms with Gasteiger partial charge in [0.2, 0.25) is 0 Å². The molecule has 1 unspecified atom stereocenters. The molecule has 58 valence electrons. The Morgan fingerprint density at radius 2 is 2.45 bits per heavy atom. The summed E-state index contributed by atoms with van der Waals surface area (Å²) in [6, 6.07) is 3.53. The molecule has 1 rings (SSSR count). The minimum Gasteiger partial charge on any atom is -0.463 e. The third-order valence-electron chi connectivity index (χ3n) is 1.33. The fourth-order valence-corrected chi connectivity index (χ4v) is 0.806. The summed E-state index contributed by atoms with van der Waals surface area (Å²) in [4.78, 5) is 0. The summed E-state index contributed by atoms with van der Waals surface area (Å²) in [5, 5.41) is 9.28. The quantitative estimate of drug-likeness (QED) is 0.654. The van der Waals surface area contributed by atoms with Crippen LogP contribution in [0.3, 0.4) is 0 Å². The molecule has 2 nitrogen and oxygen atoms in total. The molecule has 1 aromatic heterocycles. The largest absolute Gasteiger partial charge is 0.463 e. The summed E-state index contributed by atoms with van der Waals surface area (Å²) in [5.41, 5.74) is 2.49. The van der Waals surface area contributed by atoms with Gasteiger partial charge in [0.15, 0.2) is 0 Å². The van der Waals surface area contributed by atoms with Gasteiger partial charge in [0.05, 0.1) is 0 Å². The highest BCUT2D eigenvalue weighted by atomic mass is 16.4. The van der Waals surface area contributed by atoms with Crippen molar-refractivity contribution >= 4 is 0 Å². The Bertz CT molecular complexity index is 280. The van der Waals surface area contributed by atoms with Crippen LogP contribution in [0.25, 0.3) is 0 Å². The maximum Gasteiger partial charge on any atom is 0.137 e. The highest BCUT2D eigenvalue weighted by Gasteiger charge is 2.06. The number of hydrogen-bond acceptors (Lipinski definition) is 2. The van der Waals surface area contributed by atoms with Gasteiger partial charge in [0.25, 0.3) is 0 Å². The molecular weight excluding hydrogens is 140 g/mol. The van der Waals surface area contributed by atoms with Crippen LogP contribution >= 0.6 is 0 Å². The molecule has 1 aromatic rings. The summed E-state index contributed by atoms with van der Waals surface area (Å²) in [6.45, 7) is 5.18. The van der Waals surface area contributed by atoms with Crippen molar-refractivity contribution in [1.82, 2.24) is 0 Å². The highest BCUT2D eigenvalue weighted by molar-refractivity contribution is 5.11. The molecule has 0 aliphatic carbocycles. The molecule has 1 atom stereocenters. The summed E-state index contributed by atoms with van der Waals surface area (Å²) in [5.74, 6) is 1.31. The number of aliphatic hydroxyl groups excluding tert-OH is 1. The van der Waals surface area contributed by atoms with E-state index in [0.717, 1.165) is 5.76 Å². The molecular formula is C9H10O2. The third kappa shape index (κ3) is 1.84. The Hall–Kier alpha value is -1.24. The average Bonchev–Trinajstić information content (AvgIpc) is 2.36. The van der Waals surface area contributed by atoms with Crippen LogP contribution in [0.15, 0.2) is 34.9 Å². The van der Waals surface area contributed by atoms with Gasteiger partial charge >= 0.3 is 0 Å². The van der Waals surface area contributed by atoms with Crippen molar-refractivity contribution in [2.24, 2.45) is 0 Å². The number of aliphatic hydroxyl groups is 1. The summed E-state index contributed by atoms with van der Waals surface area (Å²) >= 11 is 0. The van der Waals surface area contributed by atoms with E-state index in [0.29, 0.717) is 5.76 Å². The van der Waals surface area contributed by atoms with Crippen LogP contribution < -0.4 is 0 Å². The second-order valence-corrected chi connectivity index (χ2v) is 2.26. The second kappa shape index (κ2) is 3.24. The van der Waals surface area contributed by atoms with Crippen molar-refractivity contribution in [3.8, 4) is 0 Å². The van der Waals surface area contributed by atoms with E-state index >= 15 is 0 Å². The molecule has 0 spiro atoms. The average molecular weight is 150 g/mol. The van der Waals surface area contributed by atoms with Crippen LogP contribution in [0, 0.1) is 6.92 Å². The molecule has 2 heteroatoms. The van der Waals surface area contributed by atoms with E-state index in [1.54, 1.807) is 12.1 Å². The van der Waals surface area contributed by atoms with Gasteiger partial charge < -0.3 is 9.52 Å². The van der Waals surface area contributed by atoms with E-state index in [1.807, 2.05) is 6.92 Å². The molecule has 1 N–H and O–H groups in total. The summed E-state index contributed by atoms with van der Waals surface area (Å²) in [7, 11) is 0. The zero-order valence-electron chi connectivity index (χ0n) is 6.37. The van der Waals surface area contributed by atoms with Gasteiger partial charge in [-0.05, 0) is 25.1 Å². The fraction of sp³-hybridized carbons (Fsp3) is 0.222. The van der Waals surface area contributed by atoms with E-state index in [9.17, 15) is 5.11 Å². The van der Waals surface area contributed by atoms with Gasteiger partial charge in [0, 0.05) is 0 Å². The van der Waals surface area contributed by atoms with Crippen LogP contribution in [0.4, 0.5) is 0 Å². The topological polar surface area (TPSA) is 33.4 Å². The first-order chi connectivity index (χ1) is 5.24. The van der Waals surface area contributed by atoms with Crippen molar-refractivity contribution < 1.29 is 9.52 Å². The zero-order chi connectivity index (χ0) is 8.27. The first-order valence-electron chi connectivity index (χ1n) is 3.34. The molecule has 0 aliphatic rings. The van der Waals surface area contributed by atoms with E-state index in [1.165, 1.54) is 6.08 Å². The second-order valence-electron chi connectivity index (χ2n) is 2.26. The first kappa shape index (κ1) is 7.86. The lowest BCUT2D eigenvalue weighted by molar-refractivity contribution is 0.195. The van der Waals surface area contributed by atoms with Crippen molar-refractivity contribution in [2.75, 3.05) is 0 Å².